The molecule has 2 N–H and O–H groups in total. The van der Waals surface area contributed by atoms with Crippen molar-refractivity contribution < 1.29 is 5.11 Å². The van der Waals surface area contributed by atoms with Crippen molar-refractivity contribution in [1.82, 2.24) is 10.2 Å². The van der Waals surface area contributed by atoms with Crippen LogP contribution in [0.3, 0.4) is 0 Å². The summed E-state index contributed by atoms with van der Waals surface area (Å²) in [5.74, 6) is 0. The van der Waals surface area contributed by atoms with Crippen molar-refractivity contribution in [3.63, 3.8) is 0 Å². The van der Waals surface area contributed by atoms with E-state index < -0.39 is 0 Å². The van der Waals surface area contributed by atoms with Crippen LogP contribution in [0.1, 0.15) is 39.5 Å². The van der Waals surface area contributed by atoms with Crippen LogP contribution in [0.25, 0.3) is 0 Å². The van der Waals surface area contributed by atoms with Gasteiger partial charge in [0.05, 0.1) is 6.10 Å². The first-order chi connectivity index (χ1) is 7.20. The predicted molar refractivity (Wildman–Crippen MR) is 66.2 cm³/mol. The zero-order chi connectivity index (χ0) is 11.5. The van der Waals surface area contributed by atoms with Crippen LogP contribution >= 0.6 is 0 Å². The number of likely N-dealkylation sites (N-methyl/N-ethyl adjacent to an activating group) is 1. The second-order valence-corrected chi connectivity index (χ2v) is 4.33. The Labute approximate surface area is 94.9 Å². The molecular formula is C12H28N2O. The molecule has 92 valence electrons. The summed E-state index contributed by atoms with van der Waals surface area (Å²) < 4.78 is 0. The van der Waals surface area contributed by atoms with Crippen LogP contribution in [0.5, 0.6) is 0 Å². The van der Waals surface area contributed by atoms with Crippen LogP contribution in [0.2, 0.25) is 0 Å². The van der Waals surface area contributed by atoms with Crippen molar-refractivity contribution in [2.24, 2.45) is 0 Å². The Kier molecular flexibility index (Phi) is 10.3. The highest BCUT2D eigenvalue weighted by atomic mass is 16.3. The summed E-state index contributed by atoms with van der Waals surface area (Å²) in [4.78, 5) is 2.22. The molecule has 0 saturated heterocycles. The van der Waals surface area contributed by atoms with Gasteiger partial charge in [-0.3, -0.25) is 0 Å². The normalized spacial score (nSPS) is 13.4. The van der Waals surface area contributed by atoms with Gasteiger partial charge in [-0.2, -0.15) is 0 Å². The quantitative estimate of drug-likeness (QED) is 0.543. The molecule has 0 heterocycles. The highest BCUT2D eigenvalue weighted by Gasteiger charge is 2.06. The second-order valence-electron chi connectivity index (χ2n) is 4.33. The summed E-state index contributed by atoms with van der Waals surface area (Å²) in [5, 5.41) is 12.9. The lowest BCUT2D eigenvalue weighted by atomic mass is 10.2. The van der Waals surface area contributed by atoms with E-state index >= 15 is 0 Å². The molecule has 0 aromatic heterocycles. The minimum atomic E-state index is -0.233. The lowest BCUT2D eigenvalue weighted by Gasteiger charge is -2.20. The van der Waals surface area contributed by atoms with Gasteiger partial charge in [0.15, 0.2) is 0 Å². The standard InChI is InChI=1S/C12H28N2O/c1-4-6-7-9-14(3)11-12(15)10-13-8-5-2/h12-13,15H,4-11H2,1-3H3. The first kappa shape index (κ1) is 14.9. The summed E-state index contributed by atoms with van der Waals surface area (Å²) >= 11 is 0. The zero-order valence-corrected chi connectivity index (χ0v) is 10.6. The van der Waals surface area contributed by atoms with Gasteiger partial charge in [-0.15, -0.1) is 0 Å². The Hall–Kier alpha value is -0.120. The van der Waals surface area contributed by atoms with E-state index in [-0.39, 0.29) is 6.10 Å². The molecule has 1 unspecified atom stereocenters. The van der Waals surface area contributed by atoms with Crippen LogP contribution in [-0.4, -0.2) is 49.3 Å². The lowest BCUT2D eigenvalue weighted by Crippen LogP contribution is -2.37. The van der Waals surface area contributed by atoms with Crippen molar-refractivity contribution in [3.8, 4) is 0 Å². The van der Waals surface area contributed by atoms with Gasteiger partial charge in [0, 0.05) is 13.1 Å². The van der Waals surface area contributed by atoms with Crippen LogP contribution in [0.4, 0.5) is 0 Å². The number of nitrogens with one attached hydrogen (secondary N) is 1. The maximum absolute atomic E-state index is 9.70. The Morgan fingerprint density at radius 3 is 2.53 bits per heavy atom. The van der Waals surface area contributed by atoms with Gasteiger partial charge in [0.1, 0.15) is 0 Å². The molecule has 0 aromatic carbocycles. The zero-order valence-electron chi connectivity index (χ0n) is 10.6. The first-order valence-electron chi connectivity index (χ1n) is 6.28. The van der Waals surface area contributed by atoms with Gasteiger partial charge >= 0.3 is 0 Å². The fourth-order valence-electron chi connectivity index (χ4n) is 1.59. The average Bonchev–Trinajstić information content (AvgIpc) is 2.18. The van der Waals surface area contributed by atoms with Crippen molar-refractivity contribution in [1.29, 1.82) is 0 Å². The summed E-state index contributed by atoms with van der Waals surface area (Å²) in [6.07, 6.45) is 4.67. The number of hydrogen-bond acceptors (Lipinski definition) is 3. The number of hydrogen-bond donors (Lipinski definition) is 2. The van der Waals surface area contributed by atoms with E-state index in [0.29, 0.717) is 6.54 Å². The minimum Gasteiger partial charge on any atom is -0.390 e. The predicted octanol–water partition coefficient (Wildman–Crippen LogP) is 1.47. The highest BCUT2D eigenvalue weighted by molar-refractivity contribution is 4.64. The van der Waals surface area contributed by atoms with Gasteiger partial charge in [0.25, 0.3) is 0 Å². The fourth-order valence-corrected chi connectivity index (χ4v) is 1.59. The van der Waals surface area contributed by atoms with Crippen molar-refractivity contribution >= 4 is 0 Å². The molecule has 0 aliphatic carbocycles. The van der Waals surface area contributed by atoms with E-state index in [1.165, 1.54) is 19.3 Å². The van der Waals surface area contributed by atoms with E-state index in [1.807, 2.05) is 0 Å². The van der Waals surface area contributed by atoms with Gasteiger partial charge in [0.2, 0.25) is 0 Å². The first-order valence-corrected chi connectivity index (χ1v) is 6.28. The van der Waals surface area contributed by atoms with Crippen LogP contribution < -0.4 is 5.32 Å². The van der Waals surface area contributed by atoms with E-state index in [2.05, 4.69) is 31.1 Å². The molecule has 0 saturated carbocycles. The average molecular weight is 216 g/mol. The Morgan fingerprint density at radius 2 is 1.93 bits per heavy atom. The number of aliphatic hydroxyl groups is 1. The molecule has 0 amide bonds. The smallest absolute Gasteiger partial charge is 0.0791 e. The van der Waals surface area contributed by atoms with Gasteiger partial charge in [-0.25, -0.2) is 0 Å². The highest BCUT2D eigenvalue weighted by Crippen LogP contribution is 1.97. The summed E-state index contributed by atoms with van der Waals surface area (Å²) in [5.41, 5.74) is 0. The minimum absolute atomic E-state index is 0.233. The van der Waals surface area contributed by atoms with Gasteiger partial charge in [-0.1, -0.05) is 26.7 Å². The molecule has 1 atom stereocenters. The molecule has 3 nitrogen and oxygen atoms in total. The van der Waals surface area contributed by atoms with Gasteiger partial charge < -0.3 is 15.3 Å². The molecule has 0 aliphatic rings. The molecule has 0 radical (unpaired) electrons. The van der Waals surface area contributed by atoms with Crippen LogP contribution in [-0.2, 0) is 0 Å². The number of nitrogens with zero attached hydrogens (tertiary/aromatic N) is 1. The molecule has 3 heteroatoms. The Bertz CT molecular complexity index is 117. The molecule has 0 fully saturated rings. The number of aliphatic hydroxyl groups excluding tert-OH is 1. The molecule has 0 aliphatic heterocycles. The summed E-state index contributed by atoms with van der Waals surface area (Å²) in [7, 11) is 2.08. The topological polar surface area (TPSA) is 35.5 Å². The Balaban J connectivity index is 3.35. The SMILES string of the molecule is CCCCCN(C)CC(O)CNCCC. The summed E-state index contributed by atoms with van der Waals surface area (Å²) in [6.45, 7) is 7.93. The second kappa shape index (κ2) is 10.4. The largest absolute Gasteiger partial charge is 0.390 e. The third kappa shape index (κ3) is 10.2. The van der Waals surface area contributed by atoms with Crippen molar-refractivity contribution in [2.75, 3.05) is 33.2 Å². The molecule has 0 rings (SSSR count). The molecule has 0 bridgehead atoms. The molecule has 0 spiro atoms. The summed E-state index contributed by atoms with van der Waals surface area (Å²) in [6, 6.07) is 0. The monoisotopic (exact) mass is 216 g/mol. The van der Waals surface area contributed by atoms with Crippen molar-refractivity contribution in [2.45, 2.75) is 45.6 Å². The Morgan fingerprint density at radius 1 is 1.20 bits per heavy atom. The maximum atomic E-state index is 9.70. The third-order valence-electron chi connectivity index (χ3n) is 2.47. The van der Waals surface area contributed by atoms with E-state index in [0.717, 1.165) is 26.1 Å². The maximum Gasteiger partial charge on any atom is 0.0791 e. The van der Waals surface area contributed by atoms with E-state index in [4.69, 9.17) is 0 Å². The number of unbranched alkanes of at least 4 members (excludes halogenated alkanes) is 2. The molecule has 15 heavy (non-hydrogen) atoms. The number of rotatable bonds is 10. The molecule has 0 aromatic rings. The van der Waals surface area contributed by atoms with Crippen LogP contribution in [0, 0.1) is 0 Å². The fraction of sp³-hybridized carbons (Fsp3) is 1.00. The van der Waals surface area contributed by atoms with Gasteiger partial charge in [-0.05, 0) is 33.0 Å². The van der Waals surface area contributed by atoms with E-state index in [1.54, 1.807) is 0 Å². The molecular weight excluding hydrogens is 188 g/mol. The third-order valence-corrected chi connectivity index (χ3v) is 2.47. The lowest BCUT2D eigenvalue weighted by molar-refractivity contribution is 0.123. The van der Waals surface area contributed by atoms with Crippen LogP contribution in [0.15, 0.2) is 0 Å². The van der Waals surface area contributed by atoms with E-state index in [9.17, 15) is 5.11 Å². The van der Waals surface area contributed by atoms with Crippen molar-refractivity contribution in [3.05, 3.63) is 0 Å².